The van der Waals surface area contributed by atoms with E-state index in [0.29, 0.717) is 12.2 Å². The molecule has 0 fully saturated rings. The monoisotopic (exact) mass is 340 g/mol. The summed E-state index contributed by atoms with van der Waals surface area (Å²) in [5, 5.41) is 4.13. The smallest absolute Gasteiger partial charge is 0.212 e. The highest BCUT2D eigenvalue weighted by molar-refractivity contribution is 14.1. The average molecular weight is 340 g/mol. The Kier molecular flexibility index (Phi) is 3.61. The Morgan fingerprint density at radius 1 is 1.41 bits per heavy atom. The molecule has 0 bridgehead atoms. The Bertz CT molecular complexity index is 560. The molecule has 0 atom stereocenters. The highest BCUT2D eigenvalue weighted by Gasteiger charge is 2.16. The highest BCUT2D eigenvalue weighted by atomic mass is 127. The van der Waals surface area contributed by atoms with Gasteiger partial charge in [0.1, 0.15) is 5.69 Å². The minimum absolute atomic E-state index is 0.0393. The van der Waals surface area contributed by atoms with Gasteiger partial charge in [-0.25, -0.2) is 0 Å². The first-order chi connectivity index (χ1) is 8.15. The van der Waals surface area contributed by atoms with Crippen LogP contribution in [-0.4, -0.2) is 15.6 Å². The number of carbonyl (C=O) groups excluding carboxylic acids is 1. The van der Waals surface area contributed by atoms with Crippen molar-refractivity contribution >= 4 is 28.4 Å². The first-order valence-electron chi connectivity index (χ1n) is 5.46. The van der Waals surface area contributed by atoms with Crippen molar-refractivity contribution < 1.29 is 4.79 Å². The van der Waals surface area contributed by atoms with E-state index in [1.165, 1.54) is 0 Å². The van der Waals surface area contributed by atoms with Crippen LogP contribution in [-0.2, 0) is 6.54 Å². The molecule has 3 nitrogen and oxygen atoms in total. The minimum atomic E-state index is 0.0393. The number of rotatable bonds is 3. The molecule has 0 saturated carbocycles. The van der Waals surface area contributed by atoms with Gasteiger partial charge in [-0.05, 0) is 54.1 Å². The van der Waals surface area contributed by atoms with Gasteiger partial charge in [-0.3, -0.25) is 9.48 Å². The number of halogens is 1. The Morgan fingerprint density at radius 3 is 2.88 bits per heavy atom. The van der Waals surface area contributed by atoms with Gasteiger partial charge in [-0.1, -0.05) is 12.1 Å². The molecule has 0 N–H and O–H groups in total. The van der Waals surface area contributed by atoms with Crippen LogP contribution in [0, 0.1) is 10.5 Å². The lowest BCUT2D eigenvalue weighted by Gasteiger charge is -2.07. The number of hydrogen-bond donors (Lipinski definition) is 0. The number of nitrogens with zero attached hydrogens (tertiary/aromatic N) is 2. The molecule has 1 heterocycles. The van der Waals surface area contributed by atoms with Crippen LogP contribution in [0.1, 0.15) is 28.5 Å². The first-order valence-corrected chi connectivity index (χ1v) is 6.54. The first kappa shape index (κ1) is 12.3. The van der Waals surface area contributed by atoms with Gasteiger partial charge in [0.05, 0.1) is 0 Å². The van der Waals surface area contributed by atoms with E-state index < -0.39 is 0 Å². The number of benzene rings is 1. The van der Waals surface area contributed by atoms with E-state index in [4.69, 9.17) is 0 Å². The van der Waals surface area contributed by atoms with Crippen LogP contribution >= 0.6 is 22.6 Å². The normalized spacial score (nSPS) is 10.5. The molecular formula is C13H13IN2O. The molecule has 1 aromatic carbocycles. The van der Waals surface area contributed by atoms with Gasteiger partial charge < -0.3 is 0 Å². The van der Waals surface area contributed by atoms with E-state index in [-0.39, 0.29) is 5.78 Å². The van der Waals surface area contributed by atoms with Crippen LogP contribution in [0.3, 0.4) is 0 Å². The van der Waals surface area contributed by atoms with Gasteiger partial charge in [-0.2, -0.15) is 5.10 Å². The largest absolute Gasteiger partial charge is 0.287 e. The maximum Gasteiger partial charge on any atom is 0.212 e. The number of carbonyl (C=O) groups is 1. The van der Waals surface area contributed by atoms with Gasteiger partial charge in [0, 0.05) is 21.9 Å². The van der Waals surface area contributed by atoms with Crippen molar-refractivity contribution in [2.45, 2.75) is 20.4 Å². The van der Waals surface area contributed by atoms with Crippen molar-refractivity contribution in [3.8, 4) is 0 Å². The molecule has 2 rings (SSSR count). The Hall–Kier alpha value is -1.17. The van der Waals surface area contributed by atoms with Crippen molar-refractivity contribution in [3.05, 3.63) is 50.9 Å². The van der Waals surface area contributed by atoms with E-state index in [1.807, 2.05) is 32.0 Å². The molecule has 0 radical (unpaired) electrons. The zero-order valence-electron chi connectivity index (χ0n) is 9.77. The van der Waals surface area contributed by atoms with Crippen LogP contribution in [0.2, 0.25) is 0 Å². The molecule has 2 aromatic rings. The molecule has 0 saturated heterocycles. The standard InChI is InChI=1S/C13H13IN2O/c1-3-16-11(7-8-15-16)13(17)10-6-4-5-9(2)12(10)14/h4-8H,3H2,1-2H3. The van der Waals surface area contributed by atoms with Crippen molar-refractivity contribution in [1.82, 2.24) is 9.78 Å². The summed E-state index contributed by atoms with van der Waals surface area (Å²) >= 11 is 2.22. The van der Waals surface area contributed by atoms with E-state index in [0.717, 1.165) is 14.7 Å². The third-order valence-electron chi connectivity index (χ3n) is 2.69. The summed E-state index contributed by atoms with van der Waals surface area (Å²) in [6, 6.07) is 7.56. The predicted molar refractivity (Wildman–Crippen MR) is 75.2 cm³/mol. The van der Waals surface area contributed by atoms with Crippen molar-refractivity contribution in [1.29, 1.82) is 0 Å². The molecule has 0 aliphatic carbocycles. The van der Waals surface area contributed by atoms with Crippen LogP contribution in [0.25, 0.3) is 0 Å². The van der Waals surface area contributed by atoms with Crippen molar-refractivity contribution in [3.63, 3.8) is 0 Å². The lowest BCUT2D eigenvalue weighted by atomic mass is 10.1. The second kappa shape index (κ2) is 5.00. The lowest BCUT2D eigenvalue weighted by Crippen LogP contribution is -2.12. The Balaban J connectivity index is 2.48. The molecule has 4 heteroatoms. The number of aromatic nitrogens is 2. The third-order valence-corrected chi connectivity index (χ3v) is 4.12. The highest BCUT2D eigenvalue weighted by Crippen LogP contribution is 2.19. The molecule has 0 aliphatic rings. The fourth-order valence-electron chi connectivity index (χ4n) is 1.74. The van der Waals surface area contributed by atoms with Gasteiger partial charge in [0.25, 0.3) is 0 Å². The van der Waals surface area contributed by atoms with Gasteiger partial charge in [-0.15, -0.1) is 0 Å². The van der Waals surface area contributed by atoms with Crippen molar-refractivity contribution in [2.75, 3.05) is 0 Å². The van der Waals surface area contributed by atoms with Crippen LogP contribution in [0.4, 0.5) is 0 Å². The molecule has 0 aliphatic heterocycles. The molecular weight excluding hydrogens is 327 g/mol. The SMILES string of the molecule is CCn1nccc1C(=O)c1cccc(C)c1I. The second-order valence-electron chi connectivity index (χ2n) is 3.80. The summed E-state index contributed by atoms with van der Waals surface area (Å²) in [6.45, 7) is 4.69. The van der Waals surface area contributed by atoms with E-state index >= 15 is 0 Å². The van der Waals surface area contributed by atoms with Crippen LogP contribution in [0.15, 0.2) is 30.5 Å². The Morgan fingerprint density at radius 2 is 2.18 bits per heavy atom. The summed E-state index contributed by atoms with van der Waals surface area (Å²) < 4.78 is 2.74. The number of ketones is 1. The zero-order chi connectivity index (χ0) is 12.4. The third kappa shape index (κ3) is 2.26. The van der Waals surface area contributed by atoms with Gasteiger partial charge >= 0.3 is 0 Å². The predicted octanol–water partition coefficient (Wildman–Crippen LogP) is 3.05. The summed E-state index contributed by atoms with van der Waals surface area (Å²) in [5.74, 6) is 0.0393. The van der Waals surface area contributed by atoms with Crippen LogP contribution in [0.5, 0.6) is 0 Å². The molecule has 0 spiro atoms. The average Bonchev–Trinajstić information content (AvgIpc) is 2.80. The fourth-order valence-corrected chi connectivity index (χ4v) is 2.34. The van der Waals surface area contributed by atoms with Crippen molar-refractivity contribution in [2.24, 2.45) is 0 Å². The molecule has 17 heavy (non-hydrogen) atoms. The van der Waals surface area contributed by atoms with E-state index in [9.17, 15) is 4.79 Å². The zero-order valence-corrected chi connectivity index (χ0v) is 11.9. The maximum atomic E-state index is 12.4. The number of aryl methyl sites for hydroxylation is 2. The summed E-state index contributed by atoms with van der Waals surface area (Å²) in [7, 11) is 0. The molecule has 1 aromatic heterocycles. The fraction of sp³-hybridized carbons (Fsp3) is 0.231. The number of hydrogen-bond acceptors (Lipinski definition) is 2. The lowest BCUT2D eigenvalue weighted by molar-refractivity contribution is 0.102. The quantitative estimate of drug-likeness (QED) is 0.636. The van der Waals surface area contributed by atoms with Gasteiger partial charge in [0.2, 0.25) is 5.78 Å². The van der Waals surface area contributed by atoms with Gasteiger partial charge in [0.15, 0.2) is 0 Å². The maximum absolute atomic E-state index is 12.4. The molecule has 88 valence electrons. The van der Waals surface area contributed by atoms with E-state index in [1.54, 1.807) is 16.9 Å². The molecule has 0 unspecified atom stereocenters. The summed E-state index contributed by atoms with van der Waals surface area (Å²) in [5.41, 5.74) is 2.52. The summed E-state index contributed by atoms with van der Waals surface area (Å²) in [6.07, 6.45) is 1.67. The van der Waals surface area contributed by atoms with E-state index in [2.05, 4.69) is 27.7 Å². The topological polar surface area (TPSA) is 34.9 Å². The van der Waals surface area contributed by atoms with Crippen LogP contribution < -0.4 is 0 Å². The molecule has 0 amide bonds. The summed E-state index contributed by atoms with van der Waals surface area (Å²) in [4.78, 5) is 12.4. The minimum Gasteiger partial charge on any atom is -0.287 e. The Labute approximate surface area is 114 Å². The second-order valence-corrected chi connectivity index (χ2v) is 4.88.